The molecule has 5 nitrogen and oxygen atoms in total. The number of aromatic nitrogens is 2. The van der Waals surface area contributed by atoms with Crippen molar-refractivity contribution < 1.29 is 4.79 Å². The van der Waals surface area contributed by atoms with Gasteiger partial charge in [-0.25, -0.2) is 0 Å². The van der Waals surface area contributed by atoms with Crippen molar-refractivity contribution in [2.45, 2.75) is 13.8 Å². The van der Waals surface area contributed by atoms with Crippen LogP contribution in [0.2, 0.25) is 5.02 Å². The van der Waals surface area contributed by atoms with Crippen molar-refractivity contribution in [2.24, 2.45) is 7.05 Å². The third-order valence-electron chi connectivity index (χ3n) is 4.46. The molecule has 138 valence electrons. The molecule has 0 aliphatic heterocycles. The lowest BCUT2D eigenvalue weighted by atomic mass is 10.1. The molecule has 1 aromatic carbocycles. The van der Waals surface area contributed by atoms with Crippen LogP contribution in [-0.2, 0) is 7.05 Å². The average Bonchev–Trinajstić information content (AvgIpc) is 3.20. The normalized spacial score (nSPS) is 11.4. The van der Waals surface area contributed by atoms with Crippen LogP contribution in [0.15, 0.2) is 30.3 Å². The predicted octanol–water partition coefficient (Wildman–Crippen LogP) is 4.03. The molecule has 26 heavy (non-hydrogen) atoms. The number of fused-ring (bicyclic) bond motifs is 1. The number of aryl methyl sites for hydroxylation is 1. The van der Waals surface area contributed by atoms with Gasteiger partial charge in [-0.05, 0) is 31.3 Å². The summed E-state index contributed by atoms with van der Waals surface area (Å²) in [6, 6.07) is 9.54. The second-order valence-electron chi connectivity index (χ2n) is 6.09. The van der Waals surface area contributed by atoms with Gasteiger partial charge in [0, 0.05) is 36.1 Å². The standard InChI is InChI=1S/C19H23ClN4OS/c1-4-24(5-2)11-10-21-18(25)16-12-15-17(22-23(3)19(15)26-16)13-6-8-14(20)9-7-13/h6-9,12H,4-5,10-11H2,1-3H3,(H,21,25). The van der Waals surface area contributed by atoms with E-state index < -0.39 is 0 Å². The summed E-state index contributed by atoms with van der Waals surface area (Å²) in [5.41, 5.74) is 1.86. The van der Waals surface area contributed by atoms with Crippen molar-refractivity contribution in [1.29, 1.82) is 0 Å². The zero-order valence-electron chi connectivity index (χ0n) is 15.3. The van der Waals surface area contributed by atoms with E-state index in [1.54, 1.807) is 0 Å². The maximum atomic E-state index is 12.5. The van der Waals surface area contributed by atoms with E-state index in [2.05, 4.69) is 29.2 Å². The van der Waals surface area contributed by atoms with Crippen molar-refractivity contribution in [3.8, 4) is 11.3 Å². The van der Waals surface area contributed by atoms with Crippen molar-refractivity contribution in [2.75, 3.05) is 26.2 Å². The van der Waals surface area contributed by atoms with E-state index in [1.165, 1.54) is 11.3 Å². The fourth-order valence-corrected chi connectivity index (χ4v) is 4.04. The topological polar surface area (TPSA) is 50.2 Å². The Hall–Kier alpha value is -1.89. The van der Waals surface area contributed by atoms with Gasteiger partial charge >= 0.3 is 0 Å². The molecule has 1 N–H and O–H groups in total. The number of hydrogen-bond donors (Lipinski definition) is 1. The molecule has 0 spiro atoms. The van der Waals surface area contributed by atoms with Crippen LogP contribution in [0.5, 0.6) is 0 Å². The molecule has 7 heteroatoms. The van der Waals surface area contributed by atoms with Gasteiger partial charge in [0.1, 0.15) is 10.5 Å². The van der Waals surface area contributed by atoms with Crippen molar-refractivity contribution in [3.63, 3.8) is 0 Å². The minimum Gasteiger partial charge on any atom is -0.350 e. The van der Waals surface area contributed by atoms with Crippen LogP contribution in [-0.4, -0.2) is 46.8 Å². The molecular formula is C19H23ClN4OS. The maximum absolute atomic E-state index is 12.5. The molecule has 0 unspecified atom stereocenters. The highest BCUT2D eigenvalue weighted by molar-refractivity contribution is 7.20. The van der Waals surface area contributed by atoms with E-state index in [0.29, 0.717) is 16.4 Å². The monoisotopic (exact) mass is 390 g/mol. The largest absolute Gasteiger partial charge is 0.350 e. The zero-order chi connectivity index (χ0) is 18.7. The van der Waals surface area contributed by atoms with Crippen LogP contribution in [0, 0.1) is 0 Å². The minimum atomic E-state index is -0.0274. The lowest BCUT2D eigenvalue weighted by Crippen LogP contribution is -2.34. The first kappa shape index (κ1) is 18.9. The third kappa shape index (κ3) is 3.92. The smallest absolute Gasteiger partial charge is 0.261 e. The molecular weight excluding hydrogens is 368 g/mol. The molecule has 0 radical (unpaired) electrons. The quantitative estimate of drug-likeness (QED) is 0.662. The summed E-state index contributed by atoms with van der Waals surface area (Å²) in [4.78, 5) is 16.5. The molecule has 2 aromatic heterocycles. The summed E-state index contributed by atoms with van der Waals surface area (Å²) >= 11 is 7.45. The van der Waals surface area contributed by atoms with Gasteiger partial charge < -0.3 is 10.2 Å². The molecule has 0 bridgehead atoms. The number of carbonyl (C=O) groups is 1. The van der Waals surface area contributed by atoms with E-state index >= 15 is 0 Å². The molecule has 0 saturated heterocycles. The Balaban J connectivity index is 1.80. The molecule has 0 aliphatic rings. The van der Waals surface area contributed by atoms with Gasteiger partial charge in [-0.3, -0.25) is 9.48 Å². The van der Waals surface area contributed by atoms with Gasteiger partial charge in [0.25, 0.3) is 5.91 Å². The van der Waals surface area contributed by atoms with Gasteiger partial charge in [0.15, 0.2) is 0 Å². The van der Waals surface area contributed by atoms with Gasteiger partial charge in [-0.1, -0.05) is 37.6 Å². The lowest BCUT2D eigenvalue weighted by molar-refractivity contribution is 0.0953. The number of rotatable bonds is 7. The summed E-state index contributed by atoms with van der Waals surface area (Å²) in [6.45, 7) is 7.75. The highest BCUT2D eigenvalue weighted by Gasteiger charge is 2.17. The van der Waals surface area contributed by atoms with Crippen molar-refractivity contribution in [1.82, 2.24) is 20.0 Å². The molecule has 0 fully saturated rings. The second kappa shape index (κ2) is 8.20. The number of amides is 1. The fourth-order valence-electron chi connectivity index (χ4n) is 2.93. The number of likely N-dealkylation sites (N-methyl/N-ethyl adjacent to an activating group) is 1. The van der Waals surface area contributed by atoms with Gasteiger partial charge in [-0.15, -0.1) is 11.3 Å². The summed E-state index contributed by atoms with van der Waals surface area (Å²) in [7, 11) is 1.90. The first-order chi connectivity index (χ1) is 12.5. The first-order valence-corrected chi connectivity index (χ1v) is 9.96. The summed E-state index contributed by atoms with van der Waals surface area (Å²) in [5, 5.41) is 9.31. The zero-order valence-corrected chi connectivity index (χ0v) is 16.8. The second-order valence-corrected chi connectivity index (χ2v) is 7.56. The Kier molecular flexibility index (Phi) is 5.96. The number of hydrogen-bond acceptors (Lipinski definition) is 4. The van der Waals surface area contributed by atoms with Crippen molar-refractivity contribution >= 4 is 39.1 Å². The molecule has 3 aromatic rings. The van der Waals surface area contributed by atoms with Crippen LogP contribution < -0.4 is 5.32 Å². The number of nitrogens with zero attached hydrogens (tertiary/aromatic N) is 3. The van der Waals surface area contributed by atoms with Gasteiger partial charge in [0.2, 0.25) is 0 Å². The predicted molar refractivity (Wildman–Crippen MR) is 109 cm³/mol. The van der Waals surface area contributed by atoms with Crippen LogP contribution in [0.3, 0.4) is 0 Å². The SMILES string of the molecule is CCN(CC)CCNC(=O)c1cc2c(-c3ccc(Cl)cc3)nn(C)c2s1. The molecule has 0 aliphatic carbocycles. The van der Waals surface area contributed by atoms with E-state index in [0.717, 1.165) is 41.1 Å². The molecule has 0 saturated carbocycles. The van der Waals surface area contributed by atoms with E-state index in [9.17, 15) is 4.79 Å². The van der Waals surface area contributed by atoms with Crippen LogP contribution >= 0.6 is 22.9 Å². The van der Waals surface area contributed by atoms with E-state index in [-0.39, 0.29) is 5.91 Å². The number of benzene rings is 1. The Bertz CT molecular complexity index is 896. The Morgan fingerprint density at radius 3 is 2.62 bits per heavy atom. The number of halogens is 1. The third-order valence-corrected chi connectivity index (χ3v) is 5.91. The first-order valence-electron chi connectivity index (χ1n) is 8.76. The fraction of sp³-hybridized carbons (Fsp3) is 0.368. The molecule has 3 rings (SSSR count). The number of nitrogens with one attached hydrogen (secondary N) is 1. The minimum absolute atomic E-state index is 0.0274. The molecule has 0 atom stereocenters. The molecule has 2 heterocycles. The van der Waals surface area contributed by atoms with E-state index in [1.807, 2.05) is 42.1 Å². The maximum Gasteiger partial charge on any atom is 0.261 e. The van der Waals surface area contributed by atoms with Gasteiger partial charge in [0.05, 0.1) is 4.88 Å². The lowest BCUT2D eigenvalue weighted by Gasteiger charge is -2.17. The Morgan fingerprint density at radius 2 is 1.96 bits per heavy atom. The average molecular weight is 391 g/mol. The van der Waals surface area contributed by atoms with Crippen molar-refractivity contribution in [3.05, 3.63) is 40.2 Å². The highest BCUT2D eigenvalue weighted by Crippen LogP contribution is 2.34. The highest BCUT2D eigenvalue weighted by atomic mass is 35.5. The Labute approximate surface area is 162 Å². The summed E-state index contributed by atoms with van der Waals surface area (Å²) < 4.78 is 1.83. The Morgan fingerprint density at radius 1 is 1.27 bits per heavy atom. The van der Waals surface area contributed by atoms with E-state index in [4.69, 9.17) is 11.6 Å². The van der Waals surface area contributed by atoms with Crippen LogP contribution in [0.25, 0.3) is 21.5 Å². The summed E-state index contributed by atoms with van der Waals surface area (Å²) in [5.74, 6) is -0.0274. The number of thiophene rings is 1. The van der Waals surface area contributed by atoms with Crippen LogP contribution in [0.1, 0.15) is 23.5 Å². The van der Waals surface area contributed by atoms with Gasteiger partial charge in [-0.2, -0.15) is 5.10 Å². The summed E-state index contributed by atoms with van der Waals surface area (Å²) in [6.07, 6.45) is 0. The molecule has 1 amide bonds. The number of carbonyl (C=O) groups excluding carboxylic acids is 1. The van der Waals surface area contributed by atoms with Crippen LogP contribution in [0.4, 0.5) is 0 Å².